The Bertz CT molecular complexity index is 600. The van der Waals surface area contributed by atoms with E-state index in [1.54, 1.807) is 24.3 Å². The summed E-state index contributed by atoms with van der Waals surface area (Å²) in [4.78, 5) is 14.5. The Morgan fingerprint density at radius 2 is 1.68 bits per heavy atom. The second-order valence-corrected chi connectivity index (χ2v) is 8.12. The van der Waals surface area contributed by atoms with Crippen molar-refractivity contribution in [2.24, 2.45) is 17.0 Å². The first-order chi connectivity index (χ1) is 10.1. The van der Waals surface area contributed by atoms with Gasteiger partial charge in [0.15, 0.2) is 0 Å². The third-order valence-electron chi connectivity index (χ3n) is 3.00. The van der Waals surface area contributed by atoms with Gasteiger partial charge < -0.3 is 4.90 Å². The lowest BCUT2D eigenvalue weighted by Crippen LogP contribution is -2.37. The van der Waals surface area contributed by atoms with E-state index < -0.39 is 10.0 Å². The number of benzene rings is 1. The molecule has 0 spiro atoms. The molecule has 0 bridgehead atoms. The Kier molecular flexibility index (Phi) is 6.56. The van der Waals surface area contributed by atoms with Crippen molar-refractivity contribution in [3.05, 3.63) is 35.4 Å². The fraction of sp³-hybridized carbons (Fsp3) is 0.562. The minimum Gasteiger partial charge on any atom is -0.338 e. The van der Waals surface area contributed by atoms with Crippen molar-refractivity contribution in [3.8, 4) is 0 Å². The van der Waals surface area contributed by atoms with E-state index in [9.17, 15) is 13.2 Å². The second kappa shape index (κ2) is 7.74. The molecule has 0 radical (unpaired) electrons. The maximum atomic E-state index is 12.7. The van der Waals surface area contributed by atoms with Crippen LogP contribution in [0, 0.1) is 11.8 Å². The smallest absolute Gasteiger partial charge is 0.253 e. The van der Waals surface area contributed by atoms with Crippen LogP contribution in [0.1, 0.15) is 43.6 Å². The third-order valence-corrected chi connectivity index (χ3v) is 3.74. The number of rotatable bonds is 7. The van der Waals surface area contributed by atoms with Gasteiger partial charge in [0.05, 0.1) is 5.75 Å². The number of hydrogen-bond acceptors (Lipinski definition) is 3. The summed E-state index contributed by atoms with van der Waals surface area (Å²) in [5.74, 6) is 0.409. The molecule has 0 aliphatic rings. The maximum absolute atomic E-state index is 12.7. The molecule has 0 aliphatic carbocycles. The average molecular weight is 326 g/mol. The summed E-state index contributed by atoms with van der Waals surface area (Å²) >= 11 is 0. The summed E-state index contributed by atoms with van der Waals surface area (Å²) < 4.78 is 22.4. The summed E-state index contributed by atoms with van der Waals surface area (Å²) in [6.07, 6.45) is 0. The van der Waals surface area contributed by atoms with Crippen molar-refractivity contribution in [3.63, 3.8) is 0 Å². The van der Waals surface area contributed by atoms with E-state index in [1.165, 1.54) is 0 Å². The average Bonchev–Trinajstić information content (AvgIpc) is 2.34. The van der Waals surface area contributed by atoms with Crippen LogP contribution >= 0.6 is 0 Å². The Morgan fingerprint density at radius 3 is 2.14 bits per heavy atom. The van der Waals surface area contributed by atoms with Crippen LogP contribution in [0.2, 0.25) is 0 Å². The molecule has 0 aromatic heterocycles. The highest BCUT2D eigenvalue weighted by atomic mass is 32.2. The van der Waals surface area contributed by atoms with Crippen LogP contribution in [0.5, 0.6) is 0 Å². The number of primary sulfonamides is 1. The molecule has 0 aliphatic heterocycles. The zero-order valence-electron chi connectivity index (χ0n) is 13.7. The molecule has 2 N–H and O–H groups in total. The van der Waals surface area contributed by atoms with Gasteiger partial charge in [0, 0.05) is 18.7 Å². The highest BCUT2D eigenvalue weighted by Crippen LogP contribution is 2.13. The Balaban J connectivity index is 3.00. The number of carbonyl (C=O) groups excluding carboxylic acids is 1. The van der Waals surface area contributed by atoms with Gasteiger partial charge in [-0.3, -0.25) is 4.79 Å². The number of nitrogens with two attached hydrogens (primary N) is 1. The van der Waals surface area contributed by atoms with Crippen molar-refractivity contribution in [1.82, 2.24) is 4.90 Å². The lowest BCUT2D eigenvalue weighted by atomic mass is 10.1. The molecule has 1 aromatic rings. The first-order valence-electron chi connectivity index (χ1n) is 7.47. The van der Waals surface area contributed by atoms with Crippen LogP contribution in [0.4, 0.5) is 0 Å². The third kappa shape index (κ3) is 6.58. The van der Waals surface area contributed by atoms with Gasteiger partial charge in [-0.15, -0.1) is 0 Å². The van der Waals surface area contributed by atoms with Gasteiger partial charge in [-0.05, 0) is 29.5 Å². The van der Waals surface area contributed by atoms with Gasteiger partial charge in [-0.2, -0.15) is 0 Å². The van der Waals surface area contributed by atoms with Gasteiger partial charge in [-0.25, -0.2) is 13.6 Å². The highest BCUT2D eigenvalue weighted by Gasteiger charge is 2.18. The van der Waals surface area contributed by atoms with E-state index in [0.717, 1.165) is 0 Å². The molecule has 6 heteroatoms. The van der Waals surface area contributed by atoms with E-state index in [4.69, 9.17) is 5.14 Å². The van der Waals surface area contributed by atoms with Gasteiger partial charge in [0.2, 0.25) is 10.0 Å². The highest BCUT2D eigenvalue weighted by molar-refractivity contribution is 7.88. The summed E-state index contributed by atoms with van der Waals surface area (Å²) in [5, 5.41) is 5.06. The summed E-state index contributed by atoms with van der Waals surface area (Å²) in [5.41, 5.74) is 1.03. The van der Waals surface area contributed by atoms with Crippen LogP contribution in [0.25, 0.3) is 0 Å². The molecule has 1 amide bonds. The van der Waals surface area contributed by atoms with Crippen molar-refractivity contribution in [2.45, 2.75) is 33.4 Å². The minimum absolute atomic E-state index is 0.0707. The molecule has 1 aromatic carbocycles. The van der Waals surface area contributed by atoms with E-state index in [-0.39, 0.29) is 11.7 Å². The minimum atomic E-state index is -3.60. The molecule has 0 saturated heterocycles. The fourth-order valence-electron chi connectivity index (χ4n) is 2.33. The topological polar surface area (TPSA) is 80.5 Å². The molecule has 0 fully saturated rings. The van der Waals surface area contributed by atoms with Gasteiger partial charge in [0.25, 0.3) is 5.91 Å². The zero-order chi connectivity index (χ0) is 16.9. The van der Waals surface area contributed by atoms with Gasteiger partial charge >= 0.3 is 0 Å². The second-order valence-electron chi connectivity index (χ2n) is 6.51. The van der Waals surface area contributed by atoms with Crippen LogP contribution < -0.4 is 5.14 Å². The first kappa shape index (κ1) is 18.6. The predicted molar refractivity (Wildman–Crippen MR) is 88.8 cm³/mol. The van der Waals surface area contributed by atoms with Gasteiger partial charge in [0.1, 0.15) is 0 Å². The Hall–Kier alpha value is -1.40. The molecular formula is C16H26N2O3S. The van der Waals surface area contributed by atoms with Crippen molar-refractivity contribution in [1.29, 1.82) is 0 Å². The number of amides is 1. The quantitative estimate of drug-likeness (QED) is 0.834. The molecule has 1 rings (SSSR count). The molecule has 5 nitrogen and oxygen atoms in total. The molecule has 124 valence electrons. The normalized spacial score (nSPS) is 12.0. The van der Waals surface area contributed by atoms with Crippen LogP contribution in [0.15, 0.2) is 24.3 Å². The van der Waals surface area contributed by atoms with E-state index in [1.807, 2.05) is 4.90 Å². The van der Waals surface area contributed by atoms with Gasteiger partial charge in [-0.1, -0.05) is 39.8 Å². The van der Waals surface area contributed by atoms with Crippen LogP contribution in [-0.2, 0) is 15.8 Å². The summed E-state index contributed by atoms with van der Waals surface area (Å²) in [6.45, 7) is 9.62. The SMILES string of the molecule is CC(C)CN(CC(C)C)C(=O)c1cccc(CS(N)(=O)=O)c1. The molecule has 0 heterocycles. The largest absolute Gasteiger partial charge is 0.338 e. The number of nitrogens with zero attached hydrogens (tertiary/aromatic N) is 1. The van der Waals surface area contributed by atoms with Crippen molar-refractivity contribution in [2.75, 3.05) is 13.1 Å². The lowest BCUT2D eigenvalue weighted by molar-refractivity contribution is 0.0715. The summed E-state index contributed by atoms with van der Waals surface area (Å²) in [6, 6.07) is 6.68. The number of carbonyl (C=O) groups is 1. The van der Waals surface area contributed by atoms with Crippen molar-refractivity contribution >= 4 is 15.9 Å². The lowest BCUT2D eigenvalue weighted by Gasteiger charge is -2.26. The van der Waals surface area contributed by atoms with Crippen molar-refractivity contribution < 1.29 is 13.2 Å². The molecule has 0 atom stereocenters. The van der Waals surface area contributed by atoms with Crippen LogP contribution in [0.3, 0.4) is 0 Å². The maximum Gasteiger partial charge on any atom is 0.253 e. The molecule has 22 heavy (non-hydrogen) atoms. The van der Waals surface area contributed by atoms with E-state index >= 15 is 0 Å². The number of hydrogen-bond donors (Lipinski definition) is 1. The van der Waals surface area contributed by atoms with E-state index in [0.29, 0.717) is 36.1 Å². The molecule has 0 saturated carbocycles. The Labute approximate surface area is 133 Å². The molecule has 0 unspecified atom stereocenters. The molecular weight excluding hydrogens is 300 g/mol. The zero-order valence-corrected chi connectivity index (χ0v) is 14.6. The monoisotopic (exact) mass is 326 g/mol. The Morgan fingerprint density at radius 1 is 1.14 bits per heavy atom. The standard InChI is InChI=1S/C16H26N2O3S/c1-12(2)9-18(10-13(3)4)16(19)15-7-5-6-14(8-15)11-22(17,20)21/h5-8,12-13H,9-11H2,1-4H3,(H2,17,20,21). The predicted octanol–water partition coefficient (Wildman–Crippen LogP) is 2.23. The fourth-order valence-corrected chi connectivity index (χ4v) is 2.98. The van der Waals surface area contributed by atoms with Crippen LogP contribution in [-0.4, -0.2) is 32.3 Å². The number of sulfonamides is 1. The first-order valence-corrected chi connectivity index (χ1v) is 9.18. The summed E-state index contributed by atoms with van der Waals surface area (Å²) in [7, 11) is -3.60. The van der Waals surface area contributed by atoms with E-state index in [2.05, 4.69) is 27.7 Å².